The van der Waals surface area contributed by atoms with Gasteiger partial charge in [-0.1, -0.05) is 6.92 Å². The fourth-order valence-electron chi connectivity index (χ4n) is 1.23. The fraction of sp³-hybridized carbons (Fsp3) is 1.00. The minimum absolute atomic E-state index is 0. The minimum Gasteiger partial charge on any atom is -0.566 e. The predicted octanol–water partition coefficient (Wildman–Crippen LogP) is -3.26. The van der Waals surface area contributed by atoms with Gasteiger partial charge in [0.1, 0.15) is 12.5 Å². The van der Waals surface area contributed by atoms with Gasteiger partial charge in [0, 0.05) is 0 Å². The van der Waals surface area contributed by atoms with Crippen LogP contribution in [0.3, 0.4) is 0 Å². The van der Waals surface area contributed by atoms with Crippen molar-refractivity contribution in [3.05, 3.63) is 0 Å². The summed E-state index contributed by atoms with van der Waals surface area (Å²) < 4.78 is 14.9. The summed E-state index contributed by atoms with van der Waals surface area (Å²) in [5, 5.41) is 18.6. The largest absolute Gasteiger partial charge is 1.00 e. The summed E-state index contributed by atoms with van der Waals surface area (Å²) in [6.07, 6.45) is -2.44. The molecule has 0 heterocycles. The van der Waals surface area contributed by atoms with Crippen molar-refractivity contribution in [1.29, 1.82) is 0 Å². The van der Waals surface area contributed by atoms with Crippen LogP contribution in [0.5, 0.6) is 0 Å². The van der Waals surface area contributed by atoms with Gasteiger partial charge in [-0.3, -0.25) is 0 Å². The molecule has 2 N–H and O–H groups in total. The van der Waals surface area contributed by atoms with Crippen molar-refractivity contribution in [2.75, 3.05) is 0 Å². The third-order valence-corrected chi connectivity index (χ3v) is 2.17. The van der Waals surface area contributed by atoms with Crippen molar-refractivity contribution in [2.45, 2.75) is 45.9 Å². The van der Waals surface area contributed by atoms with Crippen molar-refractivity contribution >= 4 is 8.25 Å². The Hall–Kier alpha value is 0.900. The van der Waals surface area contributed by atoms with Crippen LogP contribution in [-0.2, 0) is 9.09 Å². The van der Waals surface area contributed by atoms with Gasteiger partial charge in [-0.05, 0) is 24.8 Å². The molecule has 84 valence electrons. The van der Waals surface area contributed by atoms with Crippen molar-refractivity contribution in [3.63, 3.8) is 0 Å². The second-order valence-corrected chi connectivity index (χ2v) is 3.56. The normalized spacial score (nSPS) is 17.9. The SMILES string of the molecule is CCC(O[P+](=O)[O-])N(C(C)O)C(C)O.[Na+]. The van der Waals surface area contributed by atoms with Gasteiger partial charge in [0.05, 0.1) is 0 Å². The molecule has 0 aliphatic rings. The molecule has 4 unspecified atom stereocenters. The molecule has 0 spiro atoms. The van der Waals surface area contributed by atoms with E-state index in [1.54, 1.807) is 6.92 Å². The maximum atomic E-state index is 10.3. The molecular formula is C7H16NNaO5P+. The fourth-order valence-corrected chi connectivity index (χ4v) is 1.69. The Kier molecular flexibility index (Phi) is 10.9. The van der Waals surface area contributed by atoms with Gasteiger partial charge < -0.3 is 15.1 Å². The zero-order valence-electron chi connectivity index (χ0n) is 9.45. The van der Waals surface area contributed by atoms with Crippen LogP contribution in [0.2, 0.25) is 0 Å². The van der Waals surface area contributed by atoms with Crippen molar-refractivity contribution in [3.8, 4) is 0 Å². The second-order valence-electron chi connectivity index (χ2n) is 2.90. The van der Waals surface area contributed by atoms with Gasteiger partial charge in [0.25, 0.3) is 0 Å². The summed E-state index contributed by atoms with van der Waals surface area (Å²) in [6.45, 7) is 4.55. The molecule has 8 heteroatoms. The van der Waals surface area contributed by atoms with Crippen molar-refractivity contribution in [2.24, 2.45) is 0 Å². The average Bonchev–Trinajstić information content (AvgIpc) is 2.00. The summed E-state index contributed by atoms with van der Waals surface area (Å²) in [4.78, 5) is 11.5. The summed E-state index contributed by atoms with van der Waals surface area (Å²) >= 11 is 0. The molecule has 0 rings (SSSR count). The monoisotopic (exact) mass is 248 g/mol. The Morgan fingerprint density at radius 2 is 1.80 bits per heavy atom. The molecule has 0 radical (unpaired) electrons. The van der Waals surface area contributed by atoms with Gasteiger partial charge in [-0.15, -0.1) is 4.52 Å². The van der Waals surface area contributed by atoms with Crippen molar-refractivity contribution in [1.82, 2.24) is 4.90 Å². The molecule has 0 aliphatic carbocycles. The Bertz CT molecular complexity index is 184. The van der Waals surface area contributed by atoms with Crippen molar-refractivity contribution < 1.29 is 53.8 Å². The molecule has 0 aromatic rings. The number of nitrogens with zero attached hydrogens (tertiary/aromatic N) is 1. The van der Waals surface area contributed by atoms with Crippen LogP contribution in [0.25, 0.3) is 0 Å². The third kappa shape index (κ3) is 6.94. The smallest absolute Gasteiger partial charge is 0.566 e. The van der Waals surface area contributed by atoms with Crippen LogP contribution in [0.4, 0.5) is 0 Å². The van der Waals surface area contributed by atoms with E-state index in [1.807, 2.05) is 0 Å². The molecule has 15 heavy (non-hydrogen) atoms. The average molecular weight is 248 g/mol. The molecule has 0 saturated carbocycles. The maximum absolute atomic E-state index is 10.3. The number of hydrogen-bond acceptors (Lipinski definition) is 6. The zero-order chi connectivity index (χ0) is 11.3. The summed E-state index contributed by atoms with van der Waals surface area (Å²) in [5.41, 5.74) is 0. The van der Waals surface area contributed by atoms with E-state index in [1.165, 1.54) is 13.8 Å². The number of rotatable bonds is 6. The molecule has 0 amide bonds. The van der Waals surface area contributed by atoms with E-state index in [4.69, 9.17) is 0 Å². The summed E-state index contributed by atoms with van der Waals surface area (Å²) in [6, 6.07) is 0. The molecule has 0 fully saturated rings. The molecule has 6 nitrogen and oxygen atoms in total. The van der Waals surface area contributed by atoms with Gasteiger partial charge in [0.15, 0.2) is 6.23 Å². The number of hydrogen-bond donors (Lipinski definition) is 2. The maximum Gasteiger partial charge on any atom is 1.00 e. The molecule has 0 saturated heterocycles. The Balaban J connectivity index is 0. The Morgan fingerprint density at radius 1 is 1.40 bits per heavy atom. The first kappa shape index (κ1) is 18.3. The van der Waals surface area contributed by atoms with E-state index < -0.39 is 26.9 Å². The third-order valence-electron chi connectivity index (χ3n) is 1.75. The van der Waals surface area contributed by atoms with Crippen LogP contribution in [0.1, 0.15) is 27.2 Å². The van der Waals surface area contributed by atoms with Crippen LogP contribution in [0, 0.1) is 0 Å². The van der Waals surface area contributed by atoms with Crippen LogP contribution in [0.15, 0.2) is 0 Å². The van der Waals surface area contributed by atoms with Crippen LogP contribution in [-0.4, -0.2) is 33.8 Å². The summed E-state index contributed by atoms with van der Waals surface area (Å²) in [5.74, 6) is 0. The first-order valence-electron chi connectivity index (χ1n) is 4.34. The predicted molar refractivity (Wildman–Crippen MR) is 48.0 cm³/mol. The zero-order valence-corrected chi connectivity index (χ0v) is 12.3. The Labute approximate surface area is 112 Å². The number of aliphatic hydroxyl groups is 2. The molecule has 0 bridgehead atoms. The second kappa shape index (κ2) is 8.98. The molecule has 4 atom stereocenters. The topological polar surface area (TPSA) is 93.1 Å². The molecule has 0 aromatic carbocycles. The minimum atomic E-state index is -2.99. The van der Waals surface area contributed by atoms with Gasteiger partial charge in [-0.2, -0.15) is 0 Å². The van der Waals surface area contributed by atoms with E-state index in [2.05, 4.69) is 4.52 Å². The van der Waals surface area contributed by atoms with E-state index >= 15 is 0 Å². The van der Waals surface area contributed by atoms with Crippen LogP contribution < -0.4 is 34.5 Å². The molecule has 0 aromatic heterocycles. The van der Waals surface area contributed by atoms with E-state index in [-0.39, 0.29) is 29.6 Å². The van der Waals surface area contributed by atoms with Gasteiger partial charge in [-0.25, -0.2) is 4.90 Å². The Morgan fingerprint density at radius 3 is 2.00 bits per heavy atom. The quantitative estimate of drug-likeness (QED) is 0.291. The first-order valence-corrected chi connectivity index (χ1v) is 5.44. The van der Waals surface area contributed by atoms with E-state index in [0.29, 0.717) is 6.42 Å². The van der Waals surface area contributed by atoms with E-state index in [0.717, 1.165) is 4.90 Å². The standard InChI is InChI=1S/C7H16NO5P.Na/c1-4-7(13-14(11)12)8(5(2)9)6(3)10;/h5-7,9-10H,4H2,1-3H3;/q;+1. The van der Waals surface area contributed by atoms with Gasteiger partial charge in [0.2, 0.25) is 0 Å². The van der Waals surface area contributed by atoms with Gasteiger partial charge >= 0.3 is 37.8 Å². The van der Waals surface area contributed by atoms with E-state index in [9.17, 15) is 19.7 Å². The number of aliphatic hydroxyl groups excluding tert-OH is 2. The molecular weight excluding hydrogens is 232 g/mol. The summed E-state index contributed by atoms with van der Waals surface area (Å²) in [7, 11) is -2.99. The molecule has 0 aliphatic heterocycles. The first-order chi connectivity index (χ1) is 6.40. The van der Waals surface area contributed by atoms with Crippen LogP contribution >= 0.6 is 8.25 Å².